The Labute approximate surface area is 824 Å². The van der Waals surface area contributed by atoms with E-state index < -0.39 is 278 Å². The molecule has 0 radical (unpaired) electrons. The molecule has 5 rings (SSSR count). The molecule has 52 heteroatoms. The Balaban J connectivity index is 1.46. The average Bonchev–Trinajstić information content (AvgIpc) is 1.71. The lowest BCUT2D eigenvalue weighted by Crippen LogP contribution is -2.63. The molecule has 0 aliphatic rings. The zero-order valence-corrected chi connectivity index (χ0v) is 81.1. The second-order valence-corrected chi connectivity index (χ2v) is 35.7. The Morgan fingerprint density at radius 3 is 1.16 bits per heavy atom. The summed E-state index contributed by atoms with van der Waals surface area (Å²) < 4.78 is 0. The first-order valence-electron chi connectivity index (χ1n) is 46.4. The van der Waals surface area contributed by atoms with Gasteiger partial charge in [0.25, 0.3) is 0 Å². The van der Waals surface area contributed by atoms with E-state index in [9.17, 15) is 92.3 Å². The number of guanidine groups is 3. The highest BCUT2D eigenvalue weighted by Crippen LogP contribution is 2.22. The van der Waals surface area contributed by atoms with Crippen LogP contribution in [0.3, 0.4) is 0 Å². The number of primary amides is 3. The smallest absolute Gasteiger partial charge is 0.245 e. The van der Waals surface area contributed by atoms with Crippen molar-refractivity contribution >= 4 is 135 Å². The maximum absolute atomic E-state index is 15.5. The van der Waals surface area contributed by atoms with Gasteiger partial charge >= 0.3 is 0 Å². The molecule has 2 aromatic heterocycles. The normalized spacial score (nSPS) is 14.5. The minimum Gasteiger partial charge on any atom is -0.508 e. The standard InChI is InChI=1S/C91H138N30O22/c1-44(2)33-63(114-86(141)69(42-122)119-75(130)47(7)107-49(9)124)80(135)109-59(18-13-31-103-90(97)98)78(133)117-67(38-53-41-101-43-106-53)83(138)115-65(36-51-22-26-55(126)27-23-51)81(136)116-66(37-52-40-105-57-16-11-10-15-56(52)57)82(137)118-68(39-71(93)128)84(139)113-64(34-45(3)4)85(140)120-72(46(5)6)87(142)121-73(48(8)123)88(143)111-60(19-14-32-104-91(99)100)76(131)110-61(28-29-70(92)127)79(134)108-58(17-12-30-102-89(95)96)77(132)112-62(74(94)129)35-50-20-24-54(125)25-21-50/h10-11,15-16,20-27,40-41,43-48,58-69,72-73,105,122-123,125-126H,12-14,17-19,28-39,42H2,1-9H3,(H2,92,127)(H2,93,128)(H2,94,129)(H,101,106)(H,107,124)(H,108,134)(H,109,135)(H,110,131)(H,111,143)(H,112,132)(H,113,139)(H,114,141)(H,115,138)(H,116,136)(H,117,133)(H,118,137)(H,119,130)(H,120,140)(H,121,142)(H4,95,96,102)(H4,97,98,103)(H4,99,100,104)/t47-,48+,58-,59-,60-,61-,62-,63-,64-,65-,66-,67-,68-,69-,72-,73-/m0/s1. The zero-order chi connectivity index (χ0) is 107. The Morgan fingerprint density at radius 2 is 0.748 bits per heavy atom. The summed E-state index contributed by atoms with van der Waals surface area (Å²) in [5, 5.41) is 111. The van der Waals surface area contributed by atoms with Crippen LogP contribution in [0.1, 0.15) is 155 Å². The van der Waals surface area contributed by atoms with Crippen LogP contribution < -0.4 is 130 Å². The number of phenolic OH excluding ortho intramolecular Hbond substituents is 2. The van der Waals surface area contributed by atoms with Gasteiger partial charge in [-0.1, -0.05) is 84.0 Å². The largest absolute Gasteiger partial charge is 0.508 e. The molecule has 39 N–H and O–H groups in total. The van der Waals surface area contributed by atoms with Crippen molar-refractivity contribution in [3.05, 3.63) is 114 Å². The molecule has 52 nitrogen and oxygen atoms in total. The molecule has 2 heterocycles. The van der Waals surface area contributed by atoms with Crippen molar-refractivity contribution in [2.75, 3.05) is 26.2 Å². The first-order valence-corrected chi connectivity index (χ1v) is 46.4. The number of hydrogen-bond donors (Lipinski definition) is 33. The van der Waals surface area contributed by atoms with Gasteiger partial charge in [0.2, 0.25) is 106 Å². The number of aromatic hydroxyl groups is 2. The molecule has 0 bridgehead atoms. The molecule has 0 unspecified atom stereocenters. The van der Waals surface area contributed by atoms with Crippen LogP contribution in [0.15, 0.2) is 91.5 Å². The summed E-state index contributed by atoms with van der Waals surface area (Å²) in [6, 6.07) is -6.79. The number of carbonyl (C=O) groups is 18. The van der Waals surface area contributed by atoms with Crippen molar-refractivity contribution in [1.29, 1.82) is 16.2 Å². The van der Waals surface area contributed by atoms with Crippen molar-refractivity contribution in [1.82, 2.24) is 111 Å². The molecule has 143 heavy (non-hydrogen) atoms. The minimum absolute atomic E-state index is 0.00329. The SMILES string of the molecule is CC(=O)N[C@@H](C)C(=O)N[C@@H](CO)C(=O)N[C@@H](CC(C)C)C(=O)N[C@@H](CCCNC(=N)N)C(=O)N[C@@H](Cc1c[nH]cn1)C(=O)N[C@@H](Cc1ccc(O)cc1)C(=O)N[C@@H](Cc1c[nH]c2ccccc12)C(=O)N[C@@H](CC(N)=O)C(=O)N[C@@H](CC(C)C)C(=O)N[C@H](C(=O)N[C@H](C(=O)N[C@@H](CCCNC(=N)N)C(=O)N[C@@H](CCC(N)=O)C(=O)N[C@@H](CCCNC(=N)N)C(=O)N[C@@H](Cc1ccc(O)cc1)C(N)=O)[C@@H](C)O)C(C)C. The lowest BCUT2D eigenvalue weighted by atomic mass is 9.98. The van der Waals surface area contributed by atoms with E-state index in [1.807, 2.05) is 0 Å². The number of nitrogens with one attached hydrogen (secondary N) is 23. The molecule has 0 spiro atoms. The number of para-hydroxylation sites is 1. The number of rotatable bonds is 62. The topological polar surface area (TPSA) is 877 Å². The summed E-state index contributed by atoms with van der Waals surface area (Å²) >= 11 is 0. The minimum atomic E-state index is -1.98. The third-order valence-corrected chi connectivity index (χ3v) is 22.2. The monoisotopic (exact) mass is 2000 g/mol. The lowest BCUT2D eigenvalue weighted by molar-refractivity contribution is -0.138. The van der Waals surface area contributed by atoms with E-state index in [-0.39, 0.29) is 101 Å². The summed E-state index contributed by atoms with van der Waals surface area (Å²) in [5.74, 6) is -22.0. The Bertz CT molecular complexity index is 5210. The molecule has 0 aliphatic carbocycles. The number of amides is 18. The van der Waals surface area contributed by atoms with E-state index in [1.54, 1.807) is 52.0 Å². The predicted octanol–water partition coefficient (Wildman–Crippen LogP) is -7.58. The summed E-state index contributed by atoms with van der Waals surface area (Å²) in [6.45, 7) is 12.2. The van der Waals surface area contributed by atoms with E-state index >= 15 is 14.4 Å². The molecule has 18 amide bonds. The quantitative estimate of drug-likeness (QED) is 0.00977. The third-order valence-electron chi connectivity index (χ3n) is 22.2. The molecule has 5 aromatic rings. The molecule has 0 saturated heterocycles. The van der Waals surface area contributed by atoms with Gasteiger partial charge in [0.1, 0.15) is 102 Å². The van der Waals surface area contributed by atoms with Gasteiger partial charge in [0.05, 0.1) is 31.2 Å². The van der Waals surface area contributed by atoms with E-state index in [0.717, 1.165) is 13.8 Å². The fourth-order valence-electron chi connectivity index (χ4n) is 14.8. The van der Waals surface area contributed by atoms with Crippen LogP contribution in [0.25, 0.3) is 10.9 Å². The number of aromatic nitrogens is 3. The summed E-state index contributed by atoms with van der Waals surface area (Å²) in [7, 11) is 0. The first-order chi connectivity index (χ1) is 67.4. The fourth-order valence-corrected chi connectivity index (χ4v) is 14.8. The number of benzene rings is 3. The van der Waals surface area contributed by atoms with E-state index in [1.165, 1.54) is 88.0 Å². The predicted molar refractivity (Wildman–Crippen MR) is 520 cm³/mol. The number of hydrogen-bond acceptors (Lipinski definition) is 26. The number of phenols is 2. The molecule has 0 aliphatic heterocycles. The van der Waals surface area contributed by atoms with Gasteiger partial charge in [-0.3, -0.25) is 103 Å². The van der Waals surface area contributed by atoms with Crippen molar-refractivity contribution in [3.63, 3.8) is 0 Å². The fraction of sp³-hybridized carbons (Fsp3) is 0.516. The van der Waals surface area contributed by atoms with Gasteiger partial charge in [0, 0.05) is 82.0 Å². The molecule has 16 atom stereocenters. The van der Waals surface area contributed by atoms with Gasteiger partial charge < -0.3 is 160 Å². The first kappa shape index (κ1) is 118. The van der Waals surface area contributed by atoms with Gasteiger partial charge in [-0.15, -0.1) is 0 Å². The molecule has 0 saturated carbocycles. The number of carbonyl (C=O) groups excluding carboxylic acids is 18. The summed E-state index contributed by atoms with van der Waals surface area (Å²) in [4.78, 5) is 265. The van der Waals surface area contributed by atoms with Crippen LogP contribution in [-0.2, 0) is 112 Å². The number of imidazole rings is 1. The second kappa shape index (κ2) is 58.9. The number of aliphatic hydroxyl groups excluding tert-OH is 2. The number of H-pyrrole nitrogens is 2. The number of nitrogens with two attached hydrogens (primary N) is 6. The van der Waals surface area contributed by atoms with E-state index in [2.05, 4.69) is 111 Å². The third kappa shape index (κ3) is 42.0. The number of nitrogens with zero attached hydrogens (tertiary/aromatic N) is 1. The average molecular weight is 2000 g/mol. The van der Waals surface area contributed by atoms with Crippen molar-refractivity contribution in [2.45, 2.75) is 255 Å². The van der Waals surface area contributed by atoms with Gasteiger partial charge in [-0.25, -0.2) is 4.98 Å². The molecule has 784 valence electrons. The van der Waals surface area contributed by atoms with Crippen LogP contribution >= 0.6 is 0 Å². The van der Waals surface area contributed by atoms with Crippen LogP contribution in [0.2, 0.25) is 0 Å². The zero-order valence-electron chi connectivity index (χ0n) is 81.1. The van der Waals surface area contributed by atoms with E-state index in [0.29, 0.717) is 27.6 Å². The highest BCUT2D eigenvalue weighted by atomic mass is 16.3. The molecule has 0 fully saturated rings. The molecular weight excluding hydrogens is 1870 g/mol. The van der Waals surface area contributed by atoms with Crippen LogP contribution in [-0.4, -0.2) is 283 Å². The number of aliphatic hydroxyl groups is 2. The highest BCUT2D eigenvalue weighted by molar-refractivity contribution is 6.02. The molecule has 3 aromatic carbocycles. The Morgan fingerprint density at radius 1 is 0.385 bits per heavy atom. The molecular formula is C91H138N30O22. The maximum atomic E-state index is 15.5. The van der Waals surface area contributed by atoms with Crippen molar-refractivity contribution in [2.24, 2.45) is 52.2 Å². The van der Waals surface area contributed by atoms with Crippen LogP contribution in [0.5, 0.6) is 11.5 Å². The van der Waals surface area contributed by atoms with Crippen LogP contribution in [0.4, 0.5) is 0 Å². The van der Waals surface area contributed by atoms with E-state index in [4.69, 9.17) is 50.6 Å². The van der Waals surface area contributed by atoms with Crippen molar-refractivity contribution < 1.29 is 107 Å². The van der Waals surface area contributed by atoms with Crippen molar-refractivity contribution in [3.8, 4) is 11.5 Å². The number of fused-ring (bicyclic) bond motifs is 1. The Kier molecular flexibility index (Phi) is 48.5. The second-order valence-electron chi connectivity index (χ2n) is 35.7. The van der Waals surface area contributed by atoms with Gasteiger partial charge in [-0.2, -0.15) is 0 Å². The highest BCUT2D eigenvalue weighted by Gasteiger charge is 2.41. The summed E-state index contributed by atoms with van der Waals surface area (Å²) in [6.07, 6.45) is -2.10. The Hall–Kier alpha value is -15.8. The van der Waals surface area contributed by atoms with Gasteiger partial charge in [0.15, 0.2) is 17.9 Å². The lowest BCUT2D eigenvalue weighted by Gasteiger charge is -2.30. The van der Waals surface area contributed by atoms with Gasteiger partial charge in [-0.05, 0) is 136 Å². The maximum Gasteiger partial charge on any atom is 0.245 e. The number of aromatic amines is 2. The summed E-state index contributed by atoms with van der Waals surface area (Å²) in [5.41, 5.74) is 35.4. The van der Waals surface area contributed by atoms with Crippen LogP contribution in [0, 0.1) is 34.0 Å².